The normalized spacial score (nSPS) is 25.8. The number of piperidine rings is 1. The van der Waals surface area contributed by atoms with Crippen LogP contribution in [0.15, 0.2) is 10.6 Å². The van der Waals surface area contributed by atoms with Gasteiger partial charge in [-0.2, -0.15) is 0 Å². The van der Waals surface area contributed by atoms with E-state index in [9.17, 15) is 14.4 Å². The van der Waals surface area contributed by atoms with Gasteiger partial charge in [0.25, 0.3) is 11.8 Å². The SMILES string of the molecule is Cc1cc(C(=O)N2CCCC3(C2)NC(=O)NC3=O)no1. The fourth-order valence-electron chi connectivity index (χ4n) is 2.67. The molecule has 0 aliphatic carbocycles. The fourth-order valence-corrected chi connectivity index (χ4v) is 2.67. The van der Waals surface area contributed by atoms with Gasteiger partial charge in [0, 0.05) is 12.6 Å². The lowest BCUT2D eigenvalue weighted by molar-refractivity contribution is -0.125. The molecule has 2 N–H and O–H groups in total. The van der Waals surface area contributed by atoms with Crippen molar-refractivity contribution < 1.29 is 18.9 Å². The summed E-state index contributed by atoms with van der Waals surface area (Å²) in [5, 5.41) is 8.53. The van der Waals surface area contributed by atoms with Gasteiger partial charge in [-0.1, -0.05) is 5.16 Å². The van der Waals surface area contributed by atoms with E-state index in [-0.39, 0.29) is 24.1 Å². The van der Waals surface area contributed by atoms with Gasteiger partial charge in [0.1, 0.15) is 11.3 Å². The van der Waals surface area contributed by atoms with E-state index in [0.717, 1.165) is 0 Å². The number of hydrogen-bond donors (Lipinski definition) is 2. The van der Waals surface area contributed by atoms with E-state index in [2.05, 4.69) is 15.8 Å². The minimum atomic E-state index is -1.01. The molecule has 0 bridgehead atoms. The molecule has 106 valence electrons. The average Bonchev–Trinajstić information content (AvgIpc) is 2.94. The highest BCUT2D eigenvalue weighted by atomic mass is 16.5. The molecule has 1 aromatic rings. The highest BCUT2D eigenvalue weighted by Crippen LogP contribution is 2.25. The van der Waals surface area contributed by atoms with Crippen LogP contribution in [0.5, 0.6) is 0 Å². The van der Waals surface area contributed by atoms with Crippen molar-refractivity contribution in [3.05, 3.63) is 17.5 Å². The zero-order chi connectivity index (χ0) is 14.3. The Bertz CT molecular complexity index is 596. The van der Waals surface area contributed by atoms with E-state index in [1.54, 1.807) is 13.0 Å². The molecule has 2 aliphatic rings. The molecule has 0 radical (unpaired) electrons. The molecule has 1 aromatic heterocycles. The molecule has 1 spiro atoms. The van der Waals surface area contributed by atoms with E-state index in [1.165, 1.54) is 4.90 Å². The summed E-state index contributed by atoms with van der Waals surface area (Å²) in [6, 6.07) is 1.04. The van der Waals surface area contributed by atoms with Gasteiger partial charge in [0.2, 0.25) is 0 Å². The number of imide groups is 1. The van der Waals surface area contributed by atoms with Gasteiger partial charge in [-0.15, -0.1) is 0 Å². The Morgan fingerprint density at radius 3 is 2.90 bits per heavy atom. The van der Waals surface area contributed by atoms with Crippen molar-refractivity contribution in [2.45, 2.75) is 25.3 Å². The van der Waals surface area contributed by atoms with Crippen molar-refractivity contribution in [1.29, 1.82) is 0 Å². The monoisotopic (exact) mass is 278 g/mol. The number of carbonyl (C=O) groups is 3. The summed E-state index contributed by atoms with van der Waals surface area (Å²) in [4.78, 5) is 37.0. The van der Waals surface area contributed by atoms with Crippen LogP contribution < -0.4 is 10.6 Å². The summed E-state index contributed by atoms with van der Waals surface area (Å²) in [5.74, 6) is -0.127. The minimum Gasteiger partial charge on any atom is -0.361 e. The fraction of sp³-hybridized carbons (Fsp3) is 0.500. The molecular formula is C12H14N4O4. The number of likely N-dealkylation sites (tertiary alicyclic amines) is 1. The maximum Gasteiger partial charge on any atom is 0.322 e. The van der Waals surface area contributed by atoms with Crippen LogP contribution in [-0.2, 0) is 4.79 Å². The first kappa shape index (κ1) is 12.6. The number of urea groups is 1. The third kappa shape index (κ3) is 1.93. The number of nitrogens with one attached hydrogen (secondary N) is 2. The first-order valence-electron chi connectivity index (χ1n) is 6.36. The Hall–Kier alpha value is -2.38. The average molecular weight is 278 g/mol. The molecular weight excluding hydrogens is 264 g/mol. The third-order valence-corrected chi connectivity index (χ3v) is 3.64. The van der Waals surface area contributed by atoms with Gasteiger partial charge in [0.05, 0.1) is 6.54 Å². The third-order valence-electron chi connectivity index (χ3n) is 3.64. The summed E-state index contributed by atoms with van der Waals surface area (Å²) in [6.07, 6.45) is 1.16. The van der Waals surface area contributed by atoms with Gasteiger partial charge in [-0.05, 0) is 19.8 Å². The van der Waals surface area contributed by atoms with E-state index in [4.69, 9.17) is 4.52 Å². The molecule has 8 heteroatoms. The van der Waals surface area contributed by atoms with Crippen molar-refractivity contribution in [3.8, 4) is 0 Å². The predicted octanol–water partition coefficient (Wildman–Crippen LogP) is -0.203. The van der Waals surface area contributed by atoms with E-state index >= 15 is 0 Å². The Morgan fingerprint density at radius 1 is 1.50 bits per heavy atom. The van der Waals surface area contributed by atoms with Gasteiger partial charge in [0.15, 0.2) is 5.69 Å². The lowest BCUT2D eigenvalue weighted by atomic mass is 9.89. The second-order valence-electron chi connectivity index (χ2n) is 5.14. The van der Waals surface area contributed by atoms with Gasteiger partial charge < -0.3 is 14.7 Å². The Morgan fingerprint density at radius 2 is 2.30 bits per heavy atom. The Balaban J connectivity index is 1.80. The highest BCUT2D eigenvalue weighted by Gasteiger charge is 2.49. The molecule has 8 nitrogen and oxygen atoms in total. The number of amides is 4. The number of aromatic nitrogens is 1. The van der Waals surface area contributed by atoms with Gasteiger partial charge >= 0.3 is 6.03 Å². The Kier molecular flexibility index (Phi) is 2.73. The first-order valence-corrected chi connectivity index (χ1v) is 6.36. The number of hydrogen-bond acceptors (Lipinski definition) is 5. The van der Waals surface area contributed by atoms with Crippen molar-refractivity contribution >= 4 is 17.8 Å². The van der Waals surface area contributed by atoms with E-state index in [0.29, 0.717) is 25.1 Å². The van der Waals surface area contributed by atoms with Gasteiger partial charge in [-0.3, -0.25) is 14.9 Å². The van der Waals surface area contributed by atoms with Gasteiger partial charge in [-0.25, -0.2) is 4.79 Å². The molecule has 0 aromatic carbocycles. The molecule has 2 saturated heterocycles. The summed E-state index contributed by atoms with van der Waals surface area (Å²) in [7, 11) is 0. The quantitative estimate of drug-likeness (QED) is 0.692. The lowest BCUT2D eigenvalue weighted by Crippen LogP contribution is -2.59. The maximum atomic E-state index is 12.3. The van der Waals surface area contributed by atoms with Crippen LogP contribution in [0.3, 0.4) is 0 Å². The molecule has 3 rings (SSSR count). The van der Waals surface area contributed by atoms with Crippen LogP contribution >= 0.6 is 0 Å². The standard InChI is InChI=1S/C12H14N4O4/c1-7-5-8(15-20-7)9(17)16-4-2-3-12(6-16)10(18)13-11(19)14-12/h5H,2-4,6H2,1H3,(H2,13,14,18,19). The molecule has 1 unspecified atom stereocenters. The molecule has 4 amide bonds. The summed E-state index contributed by atoms with van der Waals surface area (Å²) in [6.45, 7) is 2.37. The van der Waals surface area contributed by atoms with E-state index < -0.39 is 11.6 Å². The molecule has 3 heterocycles. The second kappa shape index (κ2) is 4.32. The van der Waals surface area contributed by atoms with Crippen LogP contribution in [0.4, 0.5) is 4.79 Å². The molecule has 1 atom stereocenters. The number of aryl methyl sites for hydroxylation is 1. The molecule has 0 saturated carbocycles. The molecule has 2 fully saturated rings. The van der Waals surface area contributed by atoms with Crippen LogP contribution in [-0.4, -0.2) is 46.5 Å². The van der Waals surface area contributed by atoms with E-state index in [1.807, 2.05) is 0 Å². The largest absolute Gasteiger partial charge is 0.361 e. The molecule has 2 aliphatic heterocycles. The van der Waals surface area contributed by atoms with Crippen LogP contribution in [0.25, 0.3) is 0 Å². The van der Waals surface area contributed by atoms with Crippen LogP contribution in [0.1, 0.15) is 29.1 Å². The van der Waals surface area contributed by atoms with Crippen molar-refractivity contribution in [3.63, 3.8) is 0 Å². The van der Waals surface area contributed by atoms with Crippen LogP contribution in [0, 0.1) is 6.92 Å². The highest BCUT2D eigenvalue weighted by molar-refractivity contribution is 6.07. The van der Waals surface area contributed by atoms with Crippen molar-refractivity contribution in [2.24, 2.45) is 0 Å². The summed E-state index contributed by atoms with van der Waals surface area (Å²) >= 11 is 0. The zero-order valence-corrected chi connectivity index (χ0v) is 10.9. The Labute approximate surface area is 114 Å². The summed E-state index contributed by atoms with van der Waals surface area (Å²) < 4.78 is 4.89. The van der Waals surface area contributed by atoms with Crippen molar-refractivity contribution in [1.82, 2.24) is 20.7 Å². The van der Waals surface area contributed by atoms with Crippen LogP contribution in [0.2, 0.25) is 0 Å². The second-order valence-corrected chi connectivity index (χ2v) is 5.14. The smallest absolute Gasteiger partial charge is 0.322 e. The molecule has 20 heavy (non-hydrogen) atoms. The topological polar surface area (TPSA) is 105 Å². The number of rotatable bonds is 1. The number of nitrogens with zero attached hydrogens (tertiary/aromatic N) is 2. The predicted molar refractivity (Wildman–Crippen MR) is 65.8 cm³/mol. The zero-order valence-electron chi connectivity index (χ0n) is 10.9. The number of carbonyl (C=O) groups excluding carboxylic acids is 3. The van der Waals surface area contributed by atoms with Crippen molar-refractivity contribution in [2.75, 3.05) is 13.1 Å². The minimum absolute atomic E-state index is 0.148. The summed E-state index contributed by atoms with van der Waals surface area (Å²) in [5.41, 5.74) is -0.798. The maximum absolute atomic E-state index is 12.3. The lowest BCUT2D eigenvalue weighted by Gasteiger charge is -2.37. The first-order chi connectivity index (χ1) is 9.50.